The van der Waals surface area contributed by atoms with E-state index in [0.29, 0.717) is 52.9 Å². The summed E-state index contributed by atoms with van der Waals surface area (Å²) in [6.45, 7) is 1.41. The quantitative estimate of drug-likeness (QED) is 0.636. The molecule has 0 spiro atoms. The van der Waals surface area contributed by atoms with Crippen molar-refractivity contribution in [3.05, 3.63) is 68.6 Å². The van der Waals surface area contributed by atoms with Gasteiger partial charge in [-0.3, -0.25) is 14.2 Å². The SMILES string of the molecule is O=C(Cn1c(=O)oc2ccccc21)N1CCN(C(=O)c2ccc(Cl)cc2Cl)CC1. The zero-order valence-electron chi connectivity index (χ0n) is 15.3. The van der Waals surface area contributed by atoms with Crippen molar-refractivity contribution >= 4 is 46.1 Å². The Balaban J connectivity index is 1.41. The van der Waals surface area contributed by atoms with Gasteiger partial charge in [0.1, 0.15) is 6.54 Å². The Labute approximate surface area is 176 Å². The Kier molecular flexibility index (Phi) is 5.34. The largest absolute Gasteiger partial charge is 0.420 e. The van der Waals surface area contributed by atoms with Crippen molar-refractivity contribution < 1.29 is 14.0 Å². The minimum Gasteiger partial charge on any atom is -0.408 e. The second-order valence-electron chi connectivity index (χ2n) is 6.72. The van der Waals surface area contributed by atoms with E-state index in [1.54, 1.807) is 46.2 Å². The highest BCUT2D eigenvalue weighted by Crippen LogP contribution is 2.23. The standard InChI is InChI=1S/C20H17Cl2N3O4/c21-13-5-6-14(15(22)11-13)19(27)24-9-7-23(8-10-24)18(26)12-25-16-3-1-2-4-17(16)29-20(25)28/h1-6,11H,7-10,12H2. The van der Waals surface area contributed by atoms with Crippen molar-refractivity contribution in [2.75, 3.05) is 26.2 Å². The van der Waals surface area contributed by atoms with Crippen LogP contribution in [0.5, 0.6) is 0 Å². The molecule has 0 saturated carbocycles. The molecule has 1 aromatic heterocycles. The van der Waals surface area contributed by atoms with Gasteiger partial charge in [-0.2, -0.15) is 0 Å². The number of para-hydroxylation sites is 2. The molecule has 9 heteroatoms. The van der Waals surface area contributed by atoms with Crippen LogP contribution in [-0.4, -0.2) is 52.4 Å². The van der Waals surface area contributed by atoms with E-state index in [-0.39, 0.29) is 18.4 Å². The van der Waals surface area contributed by atoms with E-state index in [9.17, 15) is 14.4 Å². The maximum atomic E-state index is 12.7. The van der Waals surface area contributed by atoms with E-state index < -0.39 is 5.76 Å². The van der Waals surface area contributed by atoms with Gasteiger partial charge in [0.15, 0.2) is 5.58 Å². The molecule has 7 nitrogen and oxygen atoms in total. The van der Waals surface area contributed by atoms with Crippen LogP contribution in [0.15, 0.2) is 51.7 Å². The fraction of sp³-hybridized carbons (Fsp3) is 0.250. The van der Waals surface area contributed by atoms with E-state index in [1.807, 2.05) is 0 Å². The zero-order valence-corrected chi connectivity index (χ0v) is 16.8. The third-order valence-corrected chi connectivity index (χ3v) is 5.50. The van der Waals surface area contributed by atoms with E-state index in [4.69, 9.17) is 27.6 Å². The van der Waals surface area contributed by atoms with Gasteiger partial charge >= 0.3 is 5.76 Å². The Morgan fingerprint density at radius 1 is 0.966 bits per heavy atom. The molecule has 150 valence electrons. The smallest absolute Gasteiger partial charge is 0.408 e. The minimum absolute atomic E-state index is 0.104. The number of fused-ring (bicyclic) bond motifs is 1. The lowest BCUT2D eigenvalue weighted by molar-refractivity contribution is -0.133. The zero-order chi connectivity index (χ0) is 20.5. The molecule has 29 heavy (non-hydrogen) atoms. The summed E-state index contributed by atoms with van der Waals surface area (Å²) in [5, 5.41) is 0.760. The Bertz CT molecular complexity index is 1150. The predicted molar refractivity (Wildman–Crippen MR) is 109 cm³/mol. The molecule has 2 amide bonds. The Hall–Kier alpha value is -2.77. The van der Waals surface area contributed by atoms with Crippen LogP contribution in [0.25, 0.3) is 11.1 Å². The number of halogens is 2. The van der Waals surface area contributed by atoms with Gasteiger partial charge in [-0.15, -0.1) is 0 Å². The van der Waals surface area contributed by atoms with Crippen molar-refractivity contribution in [3.63, 3.8) is 0 Å². The van der Waals surface area contributed by atoms with E-state index in [0.717, 1.165) is 0 Å². The second-order valence-corrected chi connectivity index (χ2v) is 7.56. The van der Waals surface area contributed by atoms with Gasteiger partial charge in [-0.05, 0) is 30.3 Å². The number of carbonyl (C=O) groups excluding carboxylic acids is 2. The summed E-state index contributed by atoms with van der Waals surface area (Å²) in [6, 6.07) is 11.7. The van der Waals surface area contributed by atoms with Gasteiger partial charge in [0.2, 0.25) is 5.91 Å². The van der Waals surface area contributed by atoms with Crippen LogP contribution in [0.2, 0.25) is 10.0 Å². The van der Waals surface area contributed by atoms with Crippen molar-refractivity contribution in [2.24, 2.45) is 0 Å². The molecule has 2 aromatic carbocycles. The van der Waals surface area contributed by atoms with Crippen molar-refractivity contribution in [1.29, 1.82) is 0 Å². The number of hydrogen-bond acceptors (Lipinski definition) is 4. The lowest BCUT2D eigenvalue weighted by Crippen LogP contribution is -2.51. The van der Waals surface area contributed by atoms with Gasteiger partial charge in [-0.1, -0.05) is 35.3 Å². The molecule has 1 fully saturated rings. The van der Waals surface area contributed by atoms with E-state index in [2.05, 4.69) is 0 Å². The molecule has 2 heterocycles. The number of benzene rings is 2. The van der Waals surface area contributed by atoms with E-state index >= 15 is 0 Å². The first-order chi connectivity index (χ1) is 13.9. The summed E-state index contributed by atoms with van der Waals surface area (Å²) in [6.07, 6.45) is 0. The van der Waals surface area contributed by atoms with Crippen LogP contribution in [-0.2, 0) is 11.3 Å². The molecule has 0 atom stereocenters. The summed E-state index contributed by atoms with van der Waals surface area (Å²) < 4.78 is 6.49. The molecule has 4 rings (SSSR count). The third kappa shape index (κ3) is 3.88. The first-order valence-electron chi connectivity index (χ1n) is 9.04. The number of aromatic nitrogens is 1. The van der Waals surface area contributed by atoms with Gasteiger partial charge in [0, 0.05) is 31.2 Å². The molecule has 0 radical (unpaired) electrons. The summed E-state index contributed by atoms with van der Waals surface area (Å²) in [4.78, 5) is 40.7. The van der Waals surface area contributed by atoms with Crippen molar-refractivity contribution in [1.82, 2.24) is 14.4 Å². The summed E-state index contributed by atoms with van der Waals surface area (Å²) in [5.41, 5.74) is 1.41. The van der Waals surface area contributed by atoms with Gasteiger partial charge < -0.3 is 14.2 Å². The van der Waals surface area contributed by atoms with Crippen molar-refractivity contribution in [2.45, 2.75) is 6.54 Å². The molecular formula is C20H17Cl2N3O4. The molecule has 1 aliphatic heterocycles. The van der Waals surface area contributed by atoms with Crippen molar-refractivity contribution in [3.8, 4) is 0 Å². The lowest BCUT2D eigenvalue weighted by Gasteiger charge is -2.35. The van der Waals surface area contributed by atoms with Crippen LogP contribution in [0.1, 0.15) is 10.4 Å². The number of oxazole rings is 1. The highest BCUT2D eigenvalue weighted by atomic mass is 35.5. The molecule has 1 aliphatic rings. The number of amides is 2. The number of carbonyl (C=O) groups is 2. The molecule has 0 aliphatic carbocycles. The average Bonchev–Trinajstić information content (AvgIpc) is 3.03. The molecule has 0 N–H and O–H groups in total. The summed E-state index contributed by atoms with van der Waals surface area (Å²) in [7, 11) is 0. The van der Waals surface area contributed by atoms with Crippen LogP contribution in [0.4, 0.5) is 0 Å². The highest BCUT2D eigenvalue weighted by molar-refractivity contribution is 6.36. The molecular weight excluding hydrogens is 417 g/mol. The van der Waals surface area contributed by atoms with Crippen LogP contribution >= 0.6 is 23.2 Å². The topological polar surface area (TPSA) is 75.8 Å². The number of hydrogen-bond donors (Lipinski definition) is 0. The van der Waals surface area contributed by atoms with Crippen LogP contribution < -0.4 is 5.76 Å². The molecule has 1 saturated heterocycles. The maximum absolute atomic E-state index is 12.7. The maximum Gasteiger partial charge on any atom is 0.420 e. The van der Waals surface area contributed by atoms with Gasteiger partial charge in [0.25, 0.3) is 5.91 Å². The normalized spacial score (nSPS) is 14.4. The van der Waals surface area contributed by atoms with Gasteiger partial charge in [-0.25, -0.2) is 4.79 Å². The molecule has 0 unspecified atom stereocenters. The predicted octanol–water partition coefficient (Wildman–Crippen LogP) is 2.89. The highest BCUT2D eigenvalue weighted by Gasteiger charge is 2.26. The lowest BCUT2D eigenvalue weighted by atomic mass is 10.1. The third-order valence-electron chi connectivity index (χ3n) is 4.95. The number of rotatable bonds is 3. The molecule has 0 bridgehead atoms. The fourth-order valence-corrected chi connectivity index (χ4v) is 3.88. The monoisotopic (exact) mass is 433 g/mol. The number of nitrogens with zero attached hydrogens (tertiary/aromatic N) is 3. The van der Waals surface area contributed by atoms with Gasteiger partial charge in [0.05, 0.1) is 16.1 Å². The van der Waals surface area contributed by atoms with Crippen LogP contribution in [0.3, 0.4) is 0 Å². The minimum atomic E-state index is -0.564. The first kappa shape index (κ1) is 19.5. The first-order valence-corrected chi connectivity index (χ1v) is 9.80. The number of piperazine rings is 1. The Morgan fingerprint density at radius 3 is 2.38 bits per heavy atom. The molecule has 3 aromatic rings. The average molecular weight is 434 g/mol. The Morgan fingerprint density at radius 2 is 1.66 bits per heavy atom. The fourth-order valence-electron chi connectivity index (χ4n) is 3.39. The van der Waals surface area contributed by atoms with Crippen LogP contribution in [0, 0.1) is 0 Å². The summed E-state index contributed by atoms with van der Waals surface area (Å²) >= 11 is 12.0. The van der Waals surface area contributed by atoms with E-state index in [1.165, 1.54) is 10.6 Å². The summed E-state index contributed by atoms with van der Waals surface area (Å²) in [5.74, 6) is -0.961. The second kappa shape index (κ2) is 7.93.